The molecule has 2 atom stereocenters. The van der Waals surface area contributed by atoms with E-state index in [9.17, 15) is 4.79 Å². The first-order valence-corrected chi connectivity index (χ1v) is 9.62. The molecule has 0 aliphatic heterocycles. The molecule has 0 fully saturated rings. The topological polar surface area (TPSA) is 35.5 Å². The van der Waals surface area contributed by atoms with Crippen LogP contribution in [-0.2, 0) is 14.3 Å². The maximum atomic E-state index is 12.5. The number of esters is 1. The third-order valence-electron chi connectivity index (χ3n) is 4.39. The zero-order valence-corrected chi connectivity index (χ0v) is 15.9. The molecule has 0 amide bonds. The van der Waals surface area contributed by atoms with E-state index < -0.39 is 6.10 Å². The van der Waals surface area contributed by atoms with Crippen molar-refractivity contribution in [2.45, 2.75) is 76.9 Å². The Morgan fingerprint density at radius 2 is 1.72 bits per heavy atom. The molecule has 0 bridgehead atoms. The van der Waals surface area contributed by atoms with Gasteiger partial charge in [-0.25, -0.2) is 4.79 Å². The summed E-state index contributed by atoms with van der Waals surface area (Å²) in [6.45, 7) is 6.02. The molecule has 25 heavy (non-hydrogen) atoms. The first kappa shape index (κ1) is 21.4. The van der Waals surface area contributed by atoms with E-state index in [-0.39, 0.29) is 12.1 Å². The minimum Gasteiger partial charge on any atom is -0.460 e. The van der Waals surface area contributed by atoms with Crippen LogP contribution in [0, 0.1) is 0 Å². The van der Waals surface area contributed by atoms with E-state index in [2.05, 4.69) is 13.5 Å². The summed E-state index contributed by atoms with van der Waals surface area (Å²) < 4.78 is 11.1. The molecular formula is C22H34O3. The predicted molar refractivity (Wildman–Crippen MR) is 103 cm³/mol. The summed E-state index contributed by atoms with van der Waals surface area (Å²) in [5.41, 5.74) is 0.822. The van der Waals surface area contributed by atoms with Crippen LogP contribution in [0.25, 0.3) is 0 Å². The molecule has 0 saturated heterocycles. The van der Waals surface area contributed by atoms with E-state index in [1.807, 2.05) is 36.4 Å². The highest BCUT2D eigenvalue weighted by molar-refractivity contribution is 5.76. The maximum Gasteiger partial charge on any atom is 0.340 e. The Hall–Kier alpha value is -1.61. The molecule has 1 aromatic carbocycles. The molecule has 0 radical (unpaired) electrons. The van der Waals surface area contributed by atoms with Gasteiger partial charge in [0.15, 0.2) is 6.10 Å². The van der Waals surface area contributed by atoms with Crippen molar-refractivity contribution in [3.8, 4) is 0 Å². The van der Waals surface area contributed by atoms with Crippen molar-refractivity contribution < 1.29 is 14.3 Å². The van der Waals surface area contributed by atoms with Crippen LogP contribution in [0.3, 0.4) is 0 Å². The van der Waals surface area contributed by atoms with Gasteiger partial charge >= 0.3 is 5.97 Å². The number of methoxy groups -OCH3 is 1. The summed E-state index contributed by atoms with van der Waals surface area (Å²) >= 11 is 0. The number of unbranched alkanes of at least 4 members (excludes halogenated alkanes) is 6. The van der Waals surface area contributed by atoms with E-state index in [4.69, 9.17) is 9.47 Å². The average Bonchev–Trinajstić information content (AvgIpc) is 2.62. The van der Waals surface area contributed by atoms with Crippen LogP contribution in [0.1, 0.15) is 76.4 Å². The number of hydrogen-bond donors (Lipinski definition) is 0. The fraction of sp³-hybridized carbons (Fsp3) is 0.591. The van der Waals surface area contributed by atoms with Gasteiger partial charge in [-0.3, -0.25) is 0 Å². The van der Waals surface area contributed by atoms with E-state index in [1.54, 1.807) is 0 Å². The molecule has 140 valence electrons. The molecule has 0 saturated carbocycles. The maximum absolute atomic E-state index is 12.5. The Morgan fingerprint density at radius 3 is 2.32 bits per heavy atom. The first-order chi connectivity index (χ1) is 12.2. The summed E-state index contributed by atoms with van der Waals surface area (Å²) in [6, 6.07) is 9.48. The van der Waals surface area contributed by atoms with Crippen LogP contribution in [0.5, 0.6) is 0 Å². The van der Waals surface area contributed by atoms with Crippen molar-refractivity contribution in [3.05, 3.63) is 48.6 Å². The molecule has 1 rings (SSSR count). The van der Waals surface area contributed by atoms with Gasteiger partial charge in [0.1, 0.15) is 6.10 Å². The monoisotopic (exact) mass is 346 g/mol. The van der Waals surface area contributed by atoms with E-state index in [1.165, 1.54) is 45.6 Å². The number of hydrogen-bond acceptors (Lipinski definition) is 3. The van der Waals surface area contributed by atoms with Gasteiger partial charge in [0.25, 0.3) is 0 Å². The van der Waals surface area contributed by atoms with Crippen molar-refractivity contribution >= 4 is 5.97 Å². The van der Waals surface area contributed by atoms with Crippen molar-refractivity contribution in [3.63, 3.8) is 0 Å². The second-order valence-electron chi connectivity index (χ2n) is 6.52. The Labute approximate surface area is 153 Å². The average molecular weight is 347 g/mol. The number of ether oxygens (including phenoxy) is 2. The van der Waals surface area contributed by atoms with Crippen molar-refractivity contribution in [1.82, 2.24) is 0 Å². The lowest BCUT2D eigenvalue weighted by Gasteiger charge is -2.20. The van der Waals surface area contributed by atoms with Gasteiger partial charge in [0.2, 0.25) is 0 Å². The minimum absolute atomic E-state index is 0.109. The van der Waals surface area contributed by atoms with Gasteiger partial charge in [0.05, 0.1) is 0 Å². The number of carbonyl (C=O) groups excluding carboxylic acids is 1. The van der Waals surface area contributed by atoms with Crippen LogP contribution >= 0.6 is 0 Å². The third-order valence-corrected chi connectivity index (χ3v) is 4.39. The van der Waals surface area contributed by atoms with Crippen molar-refractivity contribution in [2.24, 2.45) is 0 Å². The first-order valence-electron chi connectivity index (χ1n) is 9.62. The molecule has 3 nitrogen and oxygen atoms in total. The van der Waals surface area contributed by atoms with E-state index in [0.29, 0.717) is 6.42 Å². The Morgan fingerprint density at radius 1 is 1.08 bits per heavy atom. The minimum atomic E-state index is -0.664. The lowest BCUT2D eigenvalue weighted by Crippen LogP contribution is -2.24. The molecule has 1 aromatic rings. The normalized spacial score (nSPS) is 13.2. The van der Waals surface area contributed by atoms with E-state index in [0.717, 1.165) is 18.4 Å². The van der Waals surface area contributed by atoms with Crippen molar-refractivity contribution in [1.29, 1.82) is 0 Å². The van der Waals surface area contributed by atoms with Gasteiger partial charge in [0, 0.05) is 13.5 Å². The fourth-order valence-corrected chi connectivity index (χ4v) is 2.96. The Kier molecular flexibility index (Phi) is 11.7. The molecule has 0 N–H and O–H groups in total. The predicted octanol–water partition coefficient (Wildman–Crippen LogP) is 6.00. The van der Waals surface area contributed by atoms with Crippen LogP contribution in [0.4, 0.5) is 0 Å². The largest absolute Gasteiger partial charge is 0.460 e. The highest BCUT2D eigenvalue weighted by atomic mass is 16.6. The van der Waals surface area contributed by atoms with Crippen LogP contribution < -0.4 is 0 Å². The zero-order valence-electron chi connectivity index (χ0n) is 15.9. The molecule has 0 aromatic heterocycles. The number of benzene rings is 1. The third kappa shape index (κ3) is 8.87. The number of rotatable bonds is 14. The SMILES string of the molecule is C=CC[C@H](CCCCCCCCC)OC(=O)[C@H](OC)c1ccccc1. The Balaban J connectivity index is 2.42. The quantitative estimate of drug-likeness (QED) is 0.235. The Bertz CT molecular complexity index is 469. The van der Waals surface area contributed by atoms with Crippen LogP contribution in [0.2, 0.25) is 0 Å². The lowest BCUT2D eigenvalue weighted by molar-refractivity contribution is -0.161. The second-order valence-corrected chi connectivity index (χ2v) is 6.52. The highest BCUT2D eigenvalue weighted by Crippen LogP contribution is 2.21. The van der Waals surface area contributed by atoms with E-state index >= 15 is 0 Å². The smallest absolute Gasteiger partial charge is 0.340 e. The zero-order chi connectivity index (χ0) is 18.3. The fourth-order valence-electron chi connectivity index (χ4n) is 2.96. The number of carbonyl (C=O) groups is 1. The van der Waals surface area contributed by atoms with Crippen molar-refractivity contribution in [2.75, 3.05) is 7.11 Å². The second kappa shape index (κ2) is 13.7. The van der Waals surface area contributed by atoms with Gasteiger partial charge in [-0.05, 0) is 18.4 Å². The van der Waals surface area contributed by atoms with Crippen LogP contribution in [0.15, 0.2) is 43.0 Å². The molecule has 0 spiro atoms. The van der Waals surface area contributed by atoms with Crippen LogP contribution in [-0.4, -0.2) is 19.2 Å². The molecule has 3 heteroatoms. The summed E-state index contributed by atoms with van der Waals surface area (Å²) in [7, 11) is 1.54. The highest BCUT2D eigenvalue weighted by Gasteiger charge is 2.24. The van der Waals surface area contributed by atoms with Gasteiger partial charge < -0.3 is 9.47 Å². The summed E-state index contributed by atoms with van der Waals surface area (Å²) in [6.07, 6.45) is 11.4. The lowest BCUT2D eigenvalue weighted by atomic mass is 10.0. The summed E-state index contributed by atoms with van der Waals surface area (Å²) in [5.74, 6) is -0.316. The van der Waals surface area contributed by atoms with Gasteiger partial charge in [-0.15, -0.1) is 6.58 Å². The molecule has 0 aliphatic carbocycles. The van der Waals surface area contributed by atoms with Gasteiger partial charge in [-0.1, -0.05) is 81.9 Å². The summed E-state index contributed by atoms with van der Waals surface area (Å²) in [4.78, 5) is 12.5. The molecule has 0 aliphatic rings. The molecule has 0 unspecified atom stereocenters. The summed E-state index contributed by atoms with van der Waals surface area (Å²) in [5, 5.41) is 0. The standard InChI is InChI=1S/C22H34O3/c1-4-6-7-8-9-10-14-18-20(15-5-2)25-22(23)21(24-3)19-16-12-11-13-17-19/h5,11-13,16-17,20-21H,2,4,6-10,14-15,18H2,1,3H3/t20-,21-/m1/s1. The molecular weight excluding hydrogens is 312 g/mol. The molecule has 0 heterocycles. The van der Waals surface area contributed by atoms with Gasteiger partial charge in [-0.2, -0.15) is 0 Å².